The van der Waals surface area contributed by atoms with Crippen molar-refractivity contribution >= 4 is 11.8 Å². The predicted molar refractivity (Wildman–Crippen MR) is 95.9 cm³/mol. The summed E-state index contributed by atoms with van der Waals surface area (Å²) in [4.78, 5) is 26.0. The molecule has 0 aliphatic rings. The summed E-state index contributed by atoms with van der Waals surface area (Å²) in [5.41, 5.74) is 1.57. The molecule has 1 N–H and O–H groups in total. The van der Waals surface area contributed by atoms with Gasteiger partial charge in [0.1, 0.15) is 0 Å². The molecule has 0 bridgehead atoms. The van der Waals surface area contributed by atoms with Crippen LogP contribution in [-0.4, -0.2) is 36.9 Å². The van der Waals surface area contributed by atoms with Crippen molar-refractivity contribution < 1.29 is 9.59 Å². The molecule has 126 valence electrons. The molecule has 0 aliphatic heterocycles. The number of benzene rings is 2. The van der Waals surface area contributed by atoms with Crippen molar-refractivity contribution in [3.8, 4) is 0 Å². The van der Waals surface area contributed by atoms with Gasteiger partial charge in [0.25, 0.3) is 5.91 Å². The van der Waals surface area contributed by atoms with Crippen molar-refractivity contribution in [1.29, 1.82) is 0 Å². The van der Waals surface area contributed by atoms with E-state index >= 15 is 0 Å². The van der Waals surface area contributed by atoms with Crippen LogP contribution in [0.3, 0.4) is 0 Å². The first-order valence-electron chi connectivity index (χ1n) is 8.03. The van der Waals surface area contributed by atoms with E-state index in [1.54, 1.807) is 36.2 Å². The zero-order valence-electron chi connectivity index (χ0n) is 14.5. The van der Waals surface area contributed by atoms with Gasteiger partial charge >= 0.3 is 0 Å². The first kappa shape index (κ1) is 17.7. The Hall–Kier alpha value is -2.62. The molecule has 0 aliphatic carbocycles. The first-order chi connectivity index (χ1) is 11.4. The van der Waals surface area contributed by atoms with Crippen molar-refractivity contribution in [2.45, 2.75) is 19.3 Å². The number of nitrogens with zero attached hydrogens (tertiary/aromatic N) is 1. The predicted octanol–water partition coefficient (Wildman–Crippen LogP) is 2.85. The number of hydrogen-bond acceptors (Lipinski definition) is 2. The lowest BCUT2D eigenvalue weighted by Crippen LogP contribution is -2.43. The number of rotatable bonds is 6. The summed E-state index contributed by atoms with van der Waals surface area (Å²) in [6.45, 7) is 4.79. The summed E-state index contributed by atoms with van der Waals surface area (Å²) in [5.74, 6) is -0.344. The molecule has 4 nitrogen and oxygen atoms in total. The lowest BCUT2D eigenvalue weighted by molar-refractivity contribution is -0.129. The van der Waals surface area contributed by atoms with E-state index < -0.39 is 0 Å². The summed E-state index contributed by atoms with van der Waals surface area (Å²) in [6.07, 6.45) is 0. The van der Waals surface area contributed by atoms with E-state index in [2.05, 4.69) is 31.3 Å². The minimum Gasteiger partial charge on any atom is -0.343 e. The Morgan fingerprint density at radius 2 is 1.50 bits per heavy atom. The van der Waals surface area contributed by atoms with Crippen LogP contribution in [0.1, 0.15) is 29.8 Å². The zero-order valence-corrected chi connectivity index (χ0v) is 14.5. The van der Waals surface area contributed by atoms with Crippen molar-refractivity contribution in [1.82, 2.24) is 10.2 Å². The van der Waals surface area contributed by atoms with Gasteiger partial charge in [-0.1, -0.05) is 62.4 Å². The lowest BCUT2D eigenvalue weighted by atomic mass is 9.84. The van der Waals surface area contributed by atoms with Crippen molar-refractivity contribution in [2.75, 3.05) is 20.1 Å². The molecule has 0 saturated heterocycles. The Balaban J connectivity index is 1.89. The summed E-state index contributed by atoms with van der Waals surface area (Å²) >= 11 is 0. The molecule has 2 aromatic carbocycles. The molecule has 0 fully saturated rings. The number of likely N-dealkylation sites (N-methyl/N-ethyl adjacent to an activating group) is 1. The van der Waals surface area contributed by atoms with Gasteiger partial charge < -0.3 is 10.2 Å². The molecule has 0 aromatic heterocycles. The fourth-order valence-corrected chi connectivity index (χ4v) is 2.64. The number of amides is 2. The van der Waals surface area contributed by atoms with Crippen LogP contribution in [0.4, 0.5) is 0 Å². The normalized spacial score (nSPS) is 11.0. The van der Waals surface area contributed by atoms with Gasteiger partial charge in [-0.25, -0.2) is 0 Å². The van der Waals surface area contributed by atoms with Crippen molar-refractivity contribution in [3.05, 3.63) is 71.8 Å². The van der Waals surface area contributed by atoms with Crippen LogP contribution < -0.4 is 5.32 Å². The van der Waals surface area contributed by atoms with Crippen molar-refractivity contribution in [2.24, 2.45) is 0 Å². The summed E-state index contributed by atoms with van der Waals surface area (Å²) in [5, 5.41) is 2.68. The van der Waals surface area contributed by atoms with Crippen LogP contribution in [0.2, 0.25) is 0 Å². The molecule has 0 radical (unpaired) electrons. The Kier molecular flexibility index (Phi) is 5.74. The highest BCUT2D eigenvalue weighted by atomic mass is 16.2. The van der Waals surface area contributed by atoms with E-state index in [4.69, 9.17) is 0 Å². The highest BCUT2D eigenvalue weighted by molar-refractivity contribution is 5.96. The Morgan fingerprint density at radius 1 is 0.958 bits per heavy atom. The quantitative estimate of drug-likeness (QED) is 0.888. The second kappa shape index (κ2) is 7.77. The molecular weight excluding hydrogens is 300 g/mol. The lowest BCUT2D eigenvalue weighted by Gasteiger charge is -2.31. The van der Waals surface area contributed by atoms with Gasteiger partial charge in [0.05, 0.1) is 6.54 Å². The third kappa shape index (κ3) is 4.69. The third-order valence-electron chi connectivity index (χ3n) is 4.05. The topological polar surface area (TPSA) is 49.4 Å². The van der Waals surface area contributed by atoms with E-state index in [1.165, 1.54) is 5.56 Å². The summed E-state index contributed by atoms with van der Waals surface area (Å²) in [7, 11) is 1.77. The number of nitrogens with one attached hydrogen (secondary N) is 1. The Labute approximate surface area is 143 Å². The number of carbonyl (C=O) groups is 2. The maximum Gasteiger partial charge on any atom is 0.251 e. The van der Waals surface area contributed by atoms with E-state index in [0.717, 1.165) is 0 Å². The van der Waals surface area contributed by atoms with Gasteiger partial charge in [-0.15, -0.1) is 0 Å². The Morgan fingerprint density at radius 3 is 2.08 bits per heavy atom. The molecular formula is C20H24N2O2. The van der Waals surface area contributed by atoms with Gasteiger partial charge in [-0.2, -0.15) is 0 Å². The van der Waals surface area contributed by atoms with Gasteiger partial charge in [-0.3, -0.25) is 9.59 Å². The van der Waals surface area contributed by atoms with Gasteiger partial charge in [0.2, 0.25) is 5.91 Å². The zero-order chi connectivity index (χ0) is 17.6. The fourth-order valence-electron chi connectivity index (χ4n) is 2.64. The molecule has 0 unspecified atom stereocenters. The smallest absolute Gasteiger partial charge is 0.251 e. The van der Waals surface area contributed by atoms with E-state index in [1.807, 2.05) is 24.3 Å². The molecule has 2 rings (SSSR count). The summed E-state index contributed by atoms with van der Waals surface area (Å²) < 4.78 is 0. The number of hydrogen-bond donors (Lipinski definition) is 1. The highest BCUT2D eigenvalue weighted by Gasteiger charge is 2.24. The van der Waals surface area contributed by atoms with E-state index in [0.29, 0.717) is 12.1 Å². The van der Waals surface area contributed by atoms with Crippen LogP contribution in [0.15, 0.2) is 60.7 Å². The van der Waals surface area contributed by atoms with Crippen LogP contribution in [0.5, 0.6) is 0 Å². The molecule has 0 atom stereocenters. The summed E-state index contributed by atoms with van der Waals surface area (Å²) in [6, 6.07) is 19.0. The second-order valence-electron chi connectivity index (χ2n) is 6.55. The van der Waals surface area contributed by atoms with Crippen LogP contribution in [-0.2, 0) is 10.2 Å². The van der Waals surface area contributed by atoms with Gasteiger partial charge in [0, 0.05) is 24.6 Å². The molecule has 0 spiro atoms. The Bertz CT molecular complexity index is 681. The molecule has 2 amide bonds. The monoisotopic (exact) mass is 324 g/mol. The van der Waals surface area contributed by atoms with Crippen LogP contribution >= 0.6 is 0 Å². The molecule has 24 heavy (non-hydrogen) atoms. The minimum atomic E-state index is -0.236. The van der Waals surface area contributed by atoms with Crippen molar-refractivity contribution in [3.63, 3.8) is 0 Å². The highest BCUT2D eigenvalue weighted by Crippen LogP contribution is 2.23. The molecule has 0 saturated carbocycles. The largest absolute Gasteiger partial charge is 0.343 e. The SMILES string of the molecule is CN(CC(C)(C)c1ccccc1)C(=O)CNC(=O)c1ccccc1. The average Bonchev–Trinajstić information content (AvgIpc) is 2.60. The van der Waals surface area contributed by atoms with Crippen LogP contribution in [0.25, 0.3) is 0 Å². The third-order valence-corrected chi connectivity index (χ3v) is 4.05. The molecule has 0 heterocycles. The minimum absolute atomic E-state index is 0.00486. The second-order valence-corrected chi connectivity index (χ2v) is 6.55. The van der Waals surface area contributed by atoms with Gasteiger partial charge in [-0.05, 0) is 17.7 Å². The van der Waals surface area contributed by atoms with E-state index in [9.17, 15) is 9.59 Å². The van der Waals surface area contributed by atoms with Gasteiger partial charge in [0.15, 0.2) is 0 Å². The molecule has 2 aromatic rings. The number of carbonyl (C=O) groups excluding carboxylic acids is 2. The molecule has 4 heteroatoms. The maximum atomic E-state index is 12.3. The van der Waals surface area contributed by atoms with E-state index in [-0.39, 0.29) is 23.8 Å². The maximum absolute atomic E-state index is 12.3. The van der Waals surface area contributed by atoms with Crippen LogP contribution in [0, 0.1) is 0 Å². The standard InChI is InChI=1S/C20H24N2O2/c1-20(2,17-12-8-5-9-13-17)15-22(3)18(23)14-21-19(24)16-10-6-4-7-11-16/h4-13H,14-15H2,1-3H3,(H,21,24). The first-order valence-corrected chi connectivity index (χ1v) is 8.03. The fraction of sp³-hybridized carbons (Fsp3) is 0.300. The average molecular weight is 324 g/mol.